The van der Waals surface area contributed by atoms with E-state index in [1.54, 1.807) is 11.8 Å². The first-order valence-electron chi connectivity index (χ1n) is 6.22. The van der Waals surface area contributed by atoms with Gasteiger partial charge in [-0.3, -0.25) is 4.79 Å². The molecule has 2 rings (SSSR count). The lowest BCUT2D eigenvalue weighted by molar-refractivity contribution is 0.0982. The zero-order chi connectivity index (χ0) is 13.5. The number of carbonyl (C=O) groups excluding carboxylic acids is 1. The van der Waals surface area contributed by atoms with Crippen LogP contribution in [0.1, 0.15) is 23.2 Å². The summed E-state index contributed by atoms with van der Waals surface area (Å²) in [5.74, 6) is 1.16. The maximum absolute atomic E-state index is 11.9. The Morgan fingerprint density at radius 1 is 1.00 bits per heavy atom. The van der Waals surface area contributed by atoms with E-state index >= 15 is 0 Å². The summed E-state index contributed by atoms with van der Waals surface area (Å²) >= 11 is 7.58. The molecule has 19 heavy (non-hydrogen) atoms. The van der Waals surface area contributed by atoms with Crippen LogP contribution in [0.25, 0.3) is 0 Å². The topological polar surface area (TPSA) is 17.1 Å². The van der Waals surface area contributed by atoms with E-state index in [2.05, 4.69) is 0 Å². The number of hydrogen-bond donors (Lipinski definition) is 0. The van der Waals surface area contributed by atoms with E-state index in [1.807, 2.05) is 54.6 Å². The van der Waals surface area contributed by atoms with Gasteiger partial charge in [-0.05, 0) is 36.4 Å². The molecule has 2 aromatic carbocycles. The lowest BCUT2D eigenvalue weighted by Crippen LogP contribution is -1.98. The van der Waals surface area contributed by atoms with Gasteiger partial charge in [0.15, 0.2) is 5.78 Å². The van der Waals surface area contributed by atoms with Gasteiger partial charge in [0.2, 0.25) is 0 Å². The third kappa shape index (κ3) is 4.73. The van der Waals surface area contributed by atoms with Gasteiger partial charge in [0.1, 0.15) is 0 Å². The Labute approximate surface area is 123 Å². The molecular formula is C16H15ClOS. The minimum Gasteiger partial charge on any atom is -0.294 e. The van der Waals surface area contributed by atoms with Crippen molar-refractivity contribution in [3.63, 3.8) is 0 Å². The molecule has 0 aliphatic rings. The second kappa shape index (κ2) is 7.37. The Bertz CT molecular complexity index is 522. The van der Waals surface area contributed by atoms with Crippen molar-refractivity contribution in [3.05, 3.63) is 65.2 Å². The first kappa shape index (κ1) is 14.2. The number of ketones is 1. The molecule has 3 heteroatoms. The summed E-state index contributed by atoms with van der Waals surface area (Å²) in [5.41, 5.74) is 0.805. The lowest BCUT2D eigenvalue weighted by Gasteiger charge is -2.02. The summed E-state index contributed by atoms with van der Waals surface area (Å²) in [6.07, 6.45) is 1.49. The van der Waals surface area contributed by atoms with E-state index in [4.69, 9.17) is 11.6 Å². The summed E-state index contributed by atoms with van der Waals surface area (Å²) in [7, 11) is 0. The van der Waals surface area contributed by atoms with Gasteiger partial charge >= 0.3 is 0 Å². The second-order valence-electron chi connectivity index (χ2n) is 4.20. The summed E-state index contributed by atoms with van der Waals surface area (Å²) in [6, 6.07) is 17.2. The molecule has 0 fully saturated rings. The average molecular weight is 291 g/mol. The van der Waals surface area contributed by atoms with Crippen molar-refractivity contribution in [2.24, 2.45) is 0 Å². The van der Waals surface area contributed by atoms with Crippen LogP contribution in [-0.4, -0.2) is 11.5 Å². The predicted octanol–water partition coefficient (Wildman–Crippen LogP) is 5.10. The number of halogens is 1. The highest BCUT2D eigenvalue weighted by molar-refractivity contribution is 7.99. The molecule has 0 saturated carbocycles. The van der Waals surface area contributed by atoms with Crippen molar-refractivity contribution >= 4 is 29.1 Å². The third-order valence-corrected chi connectivity index (χ3v) is 4.08. The van der Waals surface area contributed by atoms with Crippen LogP contribution in [-0.2, 0) is 0 Å². The first-order chi connectivity index (χ1) is 9.25. The lowest BCUT2D eigenvalue weighted by atomic mass is 10.1. The molecule has 0 aliphatic carbocycles. The summed E-state index contributed by atoms with van der Waals surface area (Å²) in [4.78, 5) is 13.1. The normalized spacial score (nSPS) is 10.4. The number of benzene rings is 2. The highest BCUT2D eigenvalue weighted by atomic mass is 35.5. The van der Waals surface area contributed by atoms with E-state index < -0.39 is 0 Å². The monoisotopic (exact) mass is 290 g/mol. The molecule has 0 saturated heterocycles. The maximum Gasteiger partial charge on any atom is 0.162 e. The Morgan fingerprint density at radius 2 is 1.68 bits per heavy atom. The van der Waals surface area contributed by atoms with E-state index in [9.17, 15) is 4.79 Å². The number of carbonyl (C=O) groups is 1. The highest BCUT2D eigenvalue weighted by Gasteiger charge is 2.04. The third-order valence-electron chi connectivity index (χ3n) is 2.73. The molecule has 98 valence electrons. The van der Waals surface area contributed by atoms with Crippen LogP contribution in [0.15, 0.2) is 59.5 Å². The Morgan fingerprint density at radius 3 is 2.37 bits per heavy atom. The number of hydrogen-bond acceptors (Lipinski definition) is 2. The van der Waals surface area contributed by atoms with Gasteiger partial charge in [-0.1, -0.05) is 41.9 Å². The van der Waals surface area contributed by atoms with Crippen molar-refractivity contribution in [1.82, 2.24) is 0 Å². The molecule has 0 atom stereocenters. The zero-order valence-corrected chi connectivity index (χ0v) is 12.1. The molecule has 1 nitrogen and oxygen atoms in total. The molecule has 2 aromatic rings. The van der Waals surface area contributed by atoms with Crippen molar-refractivity contribution in [2.75, 3.05) is 5.75 Å². The molecule has 0 aliphatic heterocycles. The van der Waals surface area contributed by atoms with Crippen molar-refractivity contribution in [3.8, 4) is 0 Å². The van der Waals surface area contributed by atoms with Gasteiger partial charge in [-0.15, -0.1) is 11.8 Å². The Hall–Kier alpha value is -1.25. The Balaban J connectivity index is 1.72. The van der Waals surface area contributed by atoms with Crippen molar-refractivity contribution < 1.29 is 4.79 Å². The van der Waals surface area contributed by atoms with E-state index in [0.717, 1.165) is 22.8 Å². The molecule has 0 radical (unpaired) electrons. The molecular weight excluding hydrogens is 276 g/mol. The fourth-order valence-corrected chi connectivity index (χ4v) is 2.70. The minimum atomic E-state index is 0.220. The van der Waals surface area contributed by atoms with E-state index in [0.29, 0.717) is 6.42 Å². The van der Waals surface area contributed by atoms with Crippen LogP contribution >= 0.6 is 23.4 Å². The van der Waals surface area contributed by atoms with Crippen LogP contribution in [0.5, 0.6) is 0 Å². The molecule has 0 heterocycles. The predicted molar refractivity (Wildman–Crippen MR) is 82.2 cm³/mol. The van der Waals surface area contributed by atoms with Crippen LogP contribution in [0.4, 0.5) is 0 Å². The summed E-state index contributed by atoms with van der Waals surface area (Å²) < 4.78 is 0. The fraction of sp³-hybridized carbons (Fsp3) is 0.188. The molecule has 0 aromatic heterocycles. The maximum atomic E-state index is 11.9. The summed E-state index contributed by atoms with van der Waals surface area (Å²) in [5, 5.41) is 0.753. The van der Waals surface area contributed by atoms with Gasteiger partial charge < -0.3 is 0 Å². The summed E-state index contributed by atoms with van der Waals surface area (Å²) in [6.45, 7) is 0. The standard InChI is InChI=1S/C16H15ClOS/c17-14-8-10-15(11-9-14)19-12-4-7-16(18)13-5-2-1-3-6-13/h1-3,5-6,8-11H,4,7,12H2. The van der Waals surface area contributed by atoms with Gasteiger partial charge in [0.25, 0.3) is 0 Å². The van der Waals surface area contributed by atoms with Crippen LogP contribution in [0.3, 0.4) is 0 Å². The molecule has 0 bridgehead atoms. The number of Topliss-reactive ketones (excluding diaryl/α,β-unsaturated/α-hetero) is 1. The quantitative estimate of drug-likeness (QED) is 0.418. The van der Waals surface area contributed by atoms with Gasteiger partial charge in [-0.25, -0.2) is 0 Å². The van der Waals surface area contributed by atoms with Crippen molar-refractivity contribution in [2.45, 2.75) is 17.7 Å². The highest BCUT2D eigenvalue weighted by Crippen LogP contribution is 2.21. The minimum absolute atomic E-state index is 0.220. The molecule has 0 spiro atoms. The Kier molecular flexibility index (Phi) is 5.49. The van der Waals surface area contributed by atoms with Crippen LogP contribution < -0.4 is 0 Å². The van der Waals surface area contributed by atoms with Crippen LogP contribution in [0.2, 0.25) is 5.02 Å². The molecule has 0 unspecified atom stereocenters. The fourth-order valence-electron chi connectivity index (χ4n) is 1.72. The second-order valence-corrected chi connectivity index (χ2v) is 5.80. The van der Waals surface area contributed by atoms with Gasteiger partial charge in [0.05, 0.1) is 0 Å². The largest absolute Gasteiger partial charge is 0.294 e. The zero-order valence-electron chi connectivity index (χ0n) is 10.5. The first-order valence-corrected chi connectivity index (χ1v) is 7.59. The van der Waals surface area contributed by atoms with Crippen molar-refractivity contribution in [1.29, 1.82) is 0 Å². The smallest absolute Gasteiger partial charge is 0.162 e. The van der Waals surface area contributed by atoms with Gasteiger partial charge in [0, 0.05) is 21.9 Å². The SMILES string of the molecule is O=C(CCCSc1ccc(Cl)cc1)c1ccccc1. The molecule has 0 amide bonds. The van der Waals surface area contributed by atoms with E-state index in [-0.39, 0.29) is 5.78 Å². The number of thioether (sulfide) groups is 1. The molecule has 0 N–H and O–H groups in total. The van der Waals surface area contributed by atoms with Gasteiger partial charge in [-0.2, -0.15) is 0 Å². The van der Waals surface area contributed by atoms with Crippen LogP contribution in [0, 0.1) is 0 Å². The number of rotatable bonds is 6. The average Bonchev–Trinajstić information content (AvgIpc) is 2.46. The van der Waals surface area contributed by atoms with E-state index in [1.165, 1.54) is 4.90 Å².